The van der Waals surface area contributed by atoms with E-state index in [1.807, 2.05) is 13.8 Å². The Kier molecular flexibility index (Phi) is 4.87. The number of halogens is 1. The van der Waals surface area contributed by atoms with Crippen LogP contribution in [0, 0.1) is 11.7 Å². The zero-order chi connectivity index (χ0) is 18.0. The molecular weight excluding hydrogens is 327 g/mol. The van der Waals surface area contributed by atoms with E-state index >= 15 is 0 Å². The second kappa shape index (κ2) is 7.08. The lowest BCUT2D eigenvalue weighted by Gasteiger charge is -2.19. The molecule has 2 aliphatic rings. The first-order chi connectivity index (χ1) is 11.9. The highest BCUT2D eigenvalue weighted by atomic mass is 19.1. The monoisotopic (exact) mass is 348 g/mol. The third kappa shape index (κ3) is 3.89. The molecule has 0 aromatic heterocycles. The molecule has 0 saturated carbocycles. The van der Waals surface area contributed by atoms with Gasteiger partial charge in [-0.1, -0.05) is 17.3 Å². The van der Waals surface area contributed by atoms with Crippen molar-refractivity contribution in [2.45, 2.75) is 32.5 Å². The van der Waals surface area contributed by atoms with Gasteiger partial charge in [-0.25, -0.2) is 9.18 Å². The maximum atomic E-state index is 12.9. The van der Waals surface area contributed by atoms with Gasteiger partial charge < -0.3 is 20.4 Å². The number of amides is 3. The summed E-state index contributed by atoms with van der Waals surface area (Å²) in [6.07, 6.45) is -0.288. The molecule has 2 unspecified atom stereocenters. The van der Waals surface area contributed by atoms with E-state index in [-0.39, 0.29) is 42.4 Å². The molecule has 2 atom stereocenters. The number of benzene rings is 1. The predicted molar refractivity (Wildman–Crippen MR) is 89.3 cm³/mol. The van der Waals surface area contributed by atoms with Crippen LogP contribution < -0.4 is 10.6 Å². The average molecular weight is 348 g/mol. The fourth-order valence-corrected chi connectivity index (χ4v) is 2.92. The summed E-state index contributed by atoms with van der Waals surface area (Å²) in [4.78, 5) is 31.4. The van der Waals surface area contributed by atoms with Crippen LogP contribution in [0.3, 0.4) is 0 Å². The lowest BCUT2D eigenvalue weighted by Crippen LogP contribution is -2.43. The summed E-state index contributed by atoms with van der Waals surface area (Å²) >= 11 is 0. The highest BCUT2D eigenvalue weighted by molar-refractivity contribution is 6.40. The molecule has 0 aliphatic carbocycles. The van der Waals surface area contributed by atoms with E-state index in [9.17, 15) is 14.0 Å². The Labute approximate surface area is 145 Å². The van der Waals surface area contributed by atoms with Crippen LogP contribution in [-0.4, -0.2) is 47.8 Å². The van der Waals surface area contributed by atoms with Gasteiger partial charge >= 0.3 is 6.03 Å². The van der Waals surface area contributed by atoms with Gasteiger partial charge in [0.1, 0.15) is 5.82 Å². The molecule has 0 spiro atoms. The van der Waals surface area contributed by atoms with Gasteiger partial charge in [-0.05, 0) is 31.5 Å². The summed E-state index contributed by atoms with van der Waals surface area (Å²) in [5.41, 5.74) is 1.09. The van der Waals surface area contributed by atoms with E-state index in [0.29, 0.717) is 18.8 Å². The minimum atomic E-state index is -0.331. The number of hydrogen-bond acceptors (Lipinski definition) is 4. The Balaban J connectivity index is 1.55. The molecule has 1 aromatic carbocycles. The van der Waals surface area contributed by atoms with Gasteiger partial charge in [0.25, 0.3) is 5.91 Å². The Morgan fingerprint density at radius 3 is 2.72 bits per heavy atom. The first-order valence-corrected chi connectivity index (χ1v) is 8.26. The lowest BCUT2D eigenvalue weighted by atomic mass is 10.0. The van der Waals surface area contributed by atoms with Crippen LogP contribution in [0.25, 0.3) is 0 Å². The third-order valence-corrected chi connectivity index (χ3v) is 4.20. The van der Waals surface area contributed by atoms with Crippen LogP contribution in [0.15, 0.2) is 29.4 Å². The SMILES string of the molecule is CC(C)NC(=O)N1CC2ON=C(C(=O)NCc3ccc(F)cc3)C2C1. The van der Waals surface area contributed by atoms with Crippen LogP contribution in [0.5, 0.6) is 0 Å². The standard InChI is InChI=1S/C17H21FN4O3/c1-10(2)20-17(24)22-8-13-14(9-22)25-21-15(13)16(23)19-7-11-3-5-12(18)6-4-11/h3-6,10,13-14H,7-9H2,1-2H3,(H,19,23)(H,20,24). The van der Waals surface area contributed by atoms with E-state index in [0.717, 1.165) is 5.56 Å². The minimum absolute atomic E-state index is 0.0426. The summed E-state index contributed by atoms with van der Waals surface area (Å²) in [5, 5.41) is 9.48. The molecule has 1 fully saturated rings. The normalized spacial score (nSPS) is 21.6. The van der Waals surface area contributed by atoms with Gasteiger partial charge in [0.2, 0.25) is 0 Å². The summed E-state index contributed by atoms with van der Waals surface area (Å²) in [6, 6.07) is 5.78. The molecule has 8 heteroatoms. The number of likely N-dealkylation sites (tertiary alicyclic amines) is 1. The van der Waals surface area contributed by atoms with Crippen molar-refractivity contribution in [3.63, 3.8) is 0 Å². The van der Waals surface area contributed by atoms with Crippen molar-refractivity contribution in [1.82, 2.24) is 15.5 Å². The van der Waals surface area contributed by atoms with Crippen molar-refractivity contribution < 1.29 is 18.8 Å². The van der Waals surface area contributed by atoms with E-state index in [1.54, 1.807) is 17.0 Å². The molecule has 0 radical (unpaired) electrons. The Morgan fingerprint density at radius 1 is 1.32 bits per heavy atom. The highest BCUT2D eigenvalue weighted by Gasteiger charge is 2.46. The molecule has 2 N–H and O–H groups in total. The van der Waals surface area contributed by atoms with E-state index in [1.165, 1.54) is 12.1 Å². The van der Waals surface area contributed by atoms with Crippen molar-refractivity contribution in [2.24, 2.45) is 11.1 Å². The maximum absolute atomic E-state index is 12.9. The summed E-state index contributed by atoms with van der Waals surface area (Å²) in [7, 11) is 0. The number of nitrogens with zero attached hydrogens (tertiary/aromatic N) is 2. The van der Waals surface area contributed by atoms with Gasteiger partial charge in [0.05, 0.1) is 12.5 Å². The third-order valence-electron chi connectivity index (χ3n) is 4.20. The smallest absolute Gasteiger partial charge is 0.317 e. The van der Waals surface area contributed by atoms with Crippen LogP contribution >= 0.6 is 0 Å². The van der Waals surface area contributed by atoms with Crippen LogP contribution in [0.4, 0.5) is 9.18 Å². The van der Waals surface area contributed by atoms with Gasteiger partial charge in [0, 0.05) is 19.1 Å². The van der Waals surface area contributed by atoms with Gasteiger partial charge in [-0.3, -0.25) is 4.79 Å². The Bertz CT molecular complexity index is 690. The molecule has 2 aliphatic heterocycles. The number of fused-ring (bicyclic) bond motifs is 1. The zero-order valence-electron chi connectivity index (χ0n) is 14.2. The number of hydrogen-bond donors (Lipinski definition) is 2. The molecule has 1 saturated heterocycles. The largest absolute Gasteiger partial charge is 0.389 e. The molecule has 3 rings (SSSR count). The van der Waals surface area contributed by atoms with Crippen LogP contribution in [0.1, 0.15) is 19.4 Å². The highest BCUT2D eigenvalue weighted by Crippen LogP contribution is 2.27. The molecule has 0 bridgehead atoms. The number of rotatable bonds is 4. The van der Waals surface area contributed by atoms with E-state index in [2.05, 4.69) is 15.8 Å². The lowest BCUT2D eigenvalue weighted by molar-refractivity contribution is -0.115. The molecule has 134 valence electrons. The molecule has 7 nitrogen and oxygen atoms in total. The first-order valence-electron chi connectivity index (χ1n) is 8.26. The van der Waals surface area contributed by atoms with Crippen molar-refractivity contribution in [1.29, 1.82) is 0 Å². The quantitative estimate of drug-likeness (QED) is 0.859. The fraction of sp³-hybridized carbons (Fsp3) is 0.471. The van der Waals surface area contributed by atoms with Crippen LogP contribution in [0.2, 0.25) is 0 Å². The molecule has 1 aromatic rings. The Hall–Kier alpha value is -2.64. The maximum Gasteiger partial charge on any atom is 0.317 e. The average Bonchev–Trinajstić information content (AvgIpc) is 3.13. The van der Waals surface area contributed by atoms with Gasteiger partial charge in [-0.15, -0.1) is 0 Å². The topological polar surface area (TPSA) is 83.0 Å². The molecule has 2 heterocycles. The second-order valence-corrected chi connectivity index (χ2v) is 6.55. The summed E-state index contributed by atoms with van der Waals surface area (Å²) in [6.45, 7) is 4.85. The zero-order valence-corrected chi connectivity index (χ0v) is 14.2. The Morgan fingerprint density at radius 2 is 2.04 bits per heavy atom. The van der Waals surface area contributed by atoms with Crippen molar-refractivity contribution >= 4 is 17.6 Å². The van der Waals surface area contributed by atoms with Crippen molar-refractivity contribution in [2.75, 3.05) is 13.1 Å². The number of carbonyl (C=O) groups excluding carboxylic acids is 2. The van der Waals surface area contributed by atoms with Crippen molar-refractivity contribution in [3.8, 4) is 0 Å². The number of urea groups is 1. The fourth-order valence-electron chi connectivity index (χ4n) is 2.92. The molecular formula is C17H21FN4O3. The van der Waals surface area contributed by atoms with Gasteiger partial charge in [-0.2, -0.15) is 0 Å². The van der Waals surface area contributed by atoms with Gasteiger partial charge in [0.15, 0.2) is 11.8 Å². The van der Waals surface area contributed by atoms with E-state index in [4.69, 9.17) is 4.84 Å². The summed E-state index contributed by atoms with van der Waals surface area (Å²) < 4.78 is 12.9. The minimum Gasteiger partial charge on any atom is -0.389 e. The number of carbonyl (C=O) groups is 2. The first kappa shape index (κ1) is 17.2. The predicted octanol–water partition coefficient (Wildman–Crippen LogP) is 1.25. The molecule has 25 heavy (non-hydrogen) atoms. The number of nitrogens with one attached hydrogen (secondary N) is 2. The number of oxime groups is 1. The summed E-state index contributed by atoms with van der Waals surface area (Å²) in [5.74, 6) is -0.883. The van der Waals surface area contributed by atoms with Crippen LogP contribution in [-0.2, 0) is 16.2 Å². The molecule has 3 amide bonds. The van der Waals surface area contributed by atoms with Crippen molar-refractivity contribution in [3.05, 3.63) is 35.6 Å². The van der Waals surface area contributed by atoms with E-state index < -0.39 is 0 Å². The second-order valence-electron chi connectivity index (χ2n) is 6.55.